The zero-order valence-electron chi connectivity index (χ0n) is 17.7. The maximum Gasteiger partial charge on any atom is 0.573 e. The van der Waals surface area contributed by atoms with Gasteiger partial charge in [0.1, 0.15) is 5.75 Å². The van der Waals surface area contributed by atoms with E-state index >= 15 is 0 Å². The van der Waals surface area contributed by atoms with E-state index in [0.29, 0.717) is 17.0 Å². The van der Waals surface area contributed by atoms with Crippen molar-refractivity contribution in [3.63, 3.8) is 0 Å². The van der Waals surface area contributed by atoms with Gasteiger partial charge in [0.25, 0.3) is 5.91 Å². The number of hydrogen-bond acceptors (Lipinski definition) is 6. The van der Waals surface area contributed by atoms with Gasteiger partial charge in [-0.15, -0.1) is 13.2 Å². The Balaban J connectivity index is 1.63. The number of aromatic nitrogens is 2. The summed E-state index contributed by atoms with van der Waals surface area (Å²) in [6, 6.07) is 5.28. The van der Waals surface area contributed by atoms with Gasteiger partial charge in [-0.05, 0) is 62.8 Å². The minimum absolute atomic E-state index is 0.0471. The van der Waals surface area contributed by atoms with Crippen molar-refractivity contribution in [3.05, 3.63) is 35.7 Å². The Hall–Kier alpha value is -2.88. The molecule has 0 radical (unpaired) electrons. The number of aliphatic hydroxyl groups is 1. The monoisotopic (exact) mass is 451 g/mol. The molecule has 2 aromatic rings. The van der Waals surface area contributed by atoms with Gasteiger partial charge in [-0.2, -0.15) is 0 Å². The van der Waals surface area contributed by atoms with Gasteiger partial charge in [-0.3, -0.25) is 4.79 Å². The molecule has 0 aliphatic heterocycles. The van der Waals surface area contributed by atoms with E-state index in [1.165, 1.54) is 31.4 Å². The van der Waals surface area contributed by atoms with Gasteiger partial charge in [0.2, 0.25) is 5.88 Å². The van der Waals surface area contributed by atoms with Crippen LogP contribution in [-0.2, 0) is 0 Å². The van der Waals surface area contributed by atoms with E-state index in [1.807, 2.05) is 0 Å². The number of benzene rings is 1. The molecule has 0 unspecified atom stereocenters. The number of amides is 1. The van der Waals surface area contributed by atoms with Crippen molar-refractivity contribution in [1.82, 2.24) is 15.3 Å². The van der Waals surface area contributed by atoms with Gasteiger partial charge < -0.3 is 19.9 Å². The average Bonchev–Trinajstić information content (AvgIpc) is 3.63. The number of carbonyl (C=O) groups is 1. The molecule has 2 saturated carbocycles. The van der Waals surface area contributed by atoms with Crippen LogP contribution in [0.5, 0.6) is 11.6 Å². The zero-order chi connectivity index (χ0) is 23.1. The standard InChI is InChI=1S/C22H24F3N3O4/c1-21(30,14-7-8-14)11-26-19(29)18-20(31-2)28-17(12-3-4-12)16(27-18)13-5-9-15(10-6-13)32-22(23,24)25/h5-6,9-10,12,14,30H,3-4,7-8,11H2,1-2H3,(H,26,29)/t21-/m0/s1. The van der Waals surface area contributed by atoms with E-state index in [1.54, 1.807) is 6.92 Å². The zero-order valence-corrected chi connectivity index (χ0v) is 17.7. The van der Waals surface area contributed by atoms with Gasteiger partial charge in [-0.1, -0.05) is 0 Å². The number of nitrogens with one attached hydrogen (secondary N) is 1. The summed E-state index contributed by atoms with van der Waals surface area (Å²) in [6.07, 6.45) is -1.15. The molecule has 172 valence electrons. The lowest BCUT2D eigenvalue weighted by molar-refractivity contribution is -0.274. The second kappa shape index (κ2) is 8.23. The van der Waals surface area contributed by atoms with Crippen molar-refractivity contribution in [3.8, 4) is 22.9 Å². The van der Waals surface area contributed by atoms with Crippen LogP contribution >= 0.6 is 0 Å². The Labute approximate surface area is 183 Å². The molecule has 1 aromatic heterocycles. The average molecular weight is 451 g/mol. The summed E-state index contributed by atoms with van der Waals surface area (Å²) in [6.45, 7) is 1.74. The fourth-order valence-electron chi connectivity index (χ4n) is 3.58. The summed E-state index contributed by atoms with van der Waals surface area (Å²) in [5.41, 5.74) is 0.491. The van der Waals surface area contributed by atoms with Crippen LogP contribution in [0.4, 0.5) is 13.2 Å². The number of methoxy groups -OCH3 is 1. The molecule has 1 heterocycles. The number of carbonyl (C=O) groups excluding carboxylic acids is 1. The second-order valence-electron chi connectivity index (χ2n) is 8.48. The first kappa shape index (κ1) is 22.3. The third-order valence-electron chi connectivity index (χ3n) is 5.69. The molecule has 32 heavy (non-hydrogen) atoms. The summed E-state index contributed by atoms with van der Waals surface area (Å²) < 4.78 is 46.6. The smallest absolute Gasteiger partial charge is 0.479 e. The highest BCUT2D eigenvalue weighted by atomic mass is 19.4. The first-order valence-corrected chi connectivity index (χ1v) is 10.4. The number of alkyl halides is 3. The van der Waals surface area contributed by atoms with Crippen molar-refractivity contribution in [1.29, 1.82) is 0 Å². The molecule has 2 N–H and O–H groups in total. The van der Waals surface area contributed by atoms with Gasteiger partial charge in [0.05, 0.1) is 24.1 Å². The molecule has 0 bridgehead atoms. The highest BCUT2D eigenvalue weighted by Crippen LogP contribution is 2.44. The molecule has 2 aliphatic rings. The van der Waals surface area contributed by atoms with Crippen LogP contribution in [0.15, 0.2) is 24.3 Å². The lowest BCUT2D eigenvalue weighted by Gasteiger charge is -2.23. The molecule has 1 aromatic carbocycles. The van der Waals surface area contributed by atoms with E-state index in [-0.39, 0.29) is 35.7 Å². The van der Waals surface area contributed by atoms with Crippen LogP contribution in [0, 0.1) is 5.92 Å². The predicted octanol–water partition coefficient (Wildman–Crippen LogP) is 3.82. The number of rotatable bonds is 8. The van der Waals surface area contributed by atoms with Gasteiger partial charge in [0.15, 0.2) is 5.69 Å². The Morgan fingerprint density at radius 1 is 1.16 bits per heavy atom. The maximum absolute atomic E-state index is 12.9. The molecule has 4 rings (SSSR count). The number of hydrogen-bond donors (Lipinski definition) is 2. The van der Waals surface area contributed by atoms with Crippen molar-refractivity contribution in [2.45, 2.75) is 50.5 Å². The first-order valence-electron chi connectivity index (χ1n) is 10.4. The fourth-order valence-corrected chi connectivity index (χ4v) is 3.58. The largest absolute Gasteiger partial charge is 0.573 e. The minimum Gasteiger partial charge on any atom is -0.479 e. The highest BCUT2D eigenvalue weighted by molar-refractivity contribution is 5.95. The van der Waals surface area contributed by atoms with E-state index in [9.17, 15) is 23.1 Å². The van der Waals surface area contributed by atoms with Crippen molar-refractivity contribution in [2.24, 2.45) is 5.92 Å². The van der Waals surface area contributed by atoms with E-state index in [2.05, 4.69) is 20.0 Å². The Morgan fingerprint density at radius 2 is 1.81 bits per heavy atom. The molecule has 0 saturated heterocycles. The number of halogens is 3. The van der Waals surface area contributed by atoms with Crippen LogP contribution in [0.3, 0.4) is 0 Å². The van der Waals surface area contributed by atoms with Crippen molar-refractivity contribution >= 4 is 5.91 Å². The van der Waals surface area contributed by atoms with E-state index in [4.69, 9.17) is 4.74 Å². The normalized spacial score (nSPS) is 18.1. The second-order valence-corrected chi connectivity index (χ2v) is 8.48. The minimum atomic E-state index is -4.78. The van der Waals surface area contributed by atoms with Crippen LogP contribution in [0.2, 0.25) is 0 Å². The van der Waals surface area contributed by atoms with E-state index < -0.39 is 17.9 Å². The third-order valence-corrected chi connectivity index (χ3v) is 5.69. The molecule has 2 fully saturated rings. The van der Waals surface area contributed by atoms with Gasteiger partial charge in [-0.25, -0.2) is 9.97 Å². The molecule has 7 nitrogen and oxygen atoms in total. The Kier molecular flexibility index (Phi) is 5.74. The molecule has 1 atom stereocenters. The highest BCUT2D eigenvalue weighted by Gasteiger charge is 2.40. The van der Waals surface area contributed by atoms with Crippen LogP contribution in [-0.4, -0.2) is 46.6 Å². The van der Waals surface area contributed by atoms with Crippen LogP contribution in [0.1, 0.15) is 54.7 Å². The maximum atomic E-state index is 12.9. The van der Waals surface area contributed by atoms with E-state index in [0.717, 1.165) is 25.7 Å². The summed E-state index contributed by atoms with van der Waals surface area (Å²) in [7, 11) is 1.39. The Bertz CT molecular complexity index is 1000. The summed E-state index contributed by atoms with van der Waals surface area (Å²) in [4.78, 5) is 21.9. The quantitative estimate of drug-likeness (QED) is 0.634. The molecule has 1 amide bonds. The number of ether oxygens (including phenoxy) is 2. The van der Waals surface area contributed by atoms with Crippen molar-refractivity contribution < 1.29 is 32.5 Å². The molecular weight excluding hydrogens is 427 g/mol. The lowest BCUT2D eigenvalue weighted by Crippen LogP contribution is -2.42. The van der Waals surface area contributed by atoms with Crippen molar-refractivity contribution in [2.75, 3.05) is 13.7 Å². The lowest BCUT2D eigenvalue weighted by atomic mass is 10.0. The molecular formula is C22H24F3N3O4. The van der Waals surface area contributed by atoms with Gasteiger partial charge >= 0.3 is 6.36 Å². The predicted molar refractivity (Wildman–Crippen MR) is 108 cm³/mol. The molecule has 10 heteroatoms. The fraction of sp³-hybridized carbons (Fsp3) is 0.500. The Morgan fingerprint density at radius 3 is 2.34 bits per heavy atom. The van der Waals surface area contributed by atoms with Crippen LogP contribution < -0.4 is 14.8 Å². The SMILES string of the molecule is COc1nc(C2CC2)c(-c2ccc(OC(F)(F)F)cc2)nc1C(=O)NC[C@](C)(O)C1CC1. The molecule has 0 spiro atoms. The summed E-state index contributed by atoms with van der Waals surface area (Å²) >= 11 is 0. The van der Waals surface area contributed by atoms with Gasteiger partial charge in [0, 0.05) is 18.0 Å². The molecule has 2 aliphatic carbocycles. The number of nitrogens with zero attached hydrogens (tertiary/aromatic N) is 2. The summed E-state index contributed by atoms with van der Waals surface area (Å²) in [5.74, 6) is -0.533. The first-order chi connectivity index (χ1) is 15.1. The van der Waals surface area contributed by atoms with Crippen LogP contribution in [0.25, 0.3) is 11.3 Å². The topological polar surface area (TPSA) is 93.6 Å². The summed E-state index contributed by atoms with van der Waals surface area (Å²) in [5, 5.41) is 13.2. The third kappa shape index (κ3) is 5.12.